The van der Waals surface area contributed by atoms with Crippen molar-refractivity contribution >= 4 is 23.4 Å². The monoisotopic (exact) mass is 266 g/mol. The summed E-state index contributed by atoms with van der Waals surface area (Å²) in [5.41, 5.74) is 0.949. The maximum Gasteiger partial charge on any atom is 0.354 e. The van der Waals surface area contributed by atoms with E-state index in [4.69, 9.17) is 5.11 Å². The molecule has 2 unspecified atom stereocenters. The van der Waals surface area contributed by atoms with Crippen molar-refractivity contribution < 1.29 is 9.90 Å². The Balaban J connectivity index is 2.07. The highest BCUT2D eigenvalue weighted by Crippen LogP contribution is 2.29. The molecule has 1 aromatic rings. The van der Waals surface area contributed by atoms with Crippen LogP contribution in [0, 0.1) is 0 Å². The average molecular weight is 266 g/mol. The molecule has 4 nitrogen and oxygen atoms in total. The molecule has 0 saturated heterocycles. The number of thioether (sulfide) groups is 1. The number of aromatic nitrogens is 1. The number of carboxylic acid groups (broad SMARTS) is 1. The lowest BCUT2D eigenvalue weighted by atomic mass is 9.94. The van der Waals surface area contributed by atoms with E-state index >= 15 is 0 Å². The predicted octanol–water partition coefficient (Wildman–Crippen LogP) is 2.87. The van der Waals surface area contributed by atoms with Gasteiger partial charge in [0.05, 0.1) is 0 Å². The number of nitrogens with zero attached hydrogens (tertiary/aromatic N) is 1. The van der Waals surface area contributed by atoms with E-state index in [-0.39, 0.29) is 5.69 Å². The van der Waals surface area contributed by atoms with Crippen LogP contribution >= 0.6 is 11.8 Å². The first-order chi connectivity index (χ1) is 8.70. The fraction of sp³-hybridized carbons (Fsp3) is 0.538. The molecule has 0 radical (unpaired) electrons. The molecule has 18 heavy (non-hydrogen) atoms. The summed E-state index contributed by atoms with van der Waals surface area (Å²) >= 11 is 1.89. The maximum atomic E-state index is 10.9. The Kier molecular flexibility index (Phi) is 4.47. The third-order valence-electron chi connectivity index (χ3n) is 3.34. The summed E-state index contributed by atoms with van der Waals surface area (Å²) in [6, 6.07) is 3.87. The number of nitrogens with one attached hydrogen (secondary N) is 1. The highest BCUT2D eigenvalue weighted by Gasteiger charge is 2.24. The van der Waals surface area contributed by atoms with Crippen LogP contribution in [-0.4, -0.2) is 33.6 Å². The molecule has 5 heteroatoms. The number of pyridine rings is 1. The molecule has 0 spiro atoms. The van der Waals surface area contributed by atoms with Crippen LogP contribution in [0.3, 0.4) is 0 Å². The minimum Gasteiger partial charge on any atom is -0.477 e. The van der Waals surface area contributed by atoms with Crippen molar-refractivity contribution in [3.05, 3.63) is 24.0 Å². The van der Waals surface area contributed by atoms with Crippen molar-refractivity contribution in [1.82, 2.24) is 4.98 Å². The SMILES string of the molecule is CSC1CCCCC1Nc1ccnc(C(=O)O)c1. The summed E-state index contributed by atoms with van der Waals surface area (Å²) in [6.45, 7) is 0. The molecule has 1 aliphatic rings. The summed E-state index contributed by atoms with van der Waals surface area (Å²) in [6.07, 6.45) is 8.60. The highest BCUT2D eigenvalue weighted by atomic mass is 32.2. The summed E-state index contributed by atoms with van der Waals surface area (Å²) < 4.78 is 0. The highest BCUT2D eigenvalue weighted by molar-refractivity contribution is 7.99. The van der Waals surface area contributed by atoms with E-state index in [0.717, 1.165) is 12.1 Å². The van der Waals surface area contributed by atoms with Crippen LogP contribution in [0.1, 0.15) is 36.2 Å². The largest absolute Gasteiger partial charge is 0.477 e. The van der Waals surface area contributed by atoms with Gasteiger partial charge in [0.1, 0.15) is 5.69 Å². The van der Waals surface area contributed by atoms with Gasteiger partial charge in [0.2, 0.25) is 0 Å². The number of aromatic carboxylic acids is 1. The molecule has 1 fully saturated rings. The van der Waals surface area contributed by atoms with Gasteiger partial charge in [0, 0.05) is 23.2 Å². The van der Waals surface area contributed by atoms with E-state index < -0.39 is 5.97 Å². The molecular formula is C13H18N2O2S. The van der Waals surface area contributed by atoms with Crippen LogP contribution in [0.5, 0.6) is 0 Å². The molecular weight excluding hydrogens is 248 g/mol. The molecule has 0 bridgehead atoms. The lowest BCUT2D eigenvalue weighted by Gasteiger charge is -2.31. The molecule has 2 rings (SSSR count). The molecule has 1 heterocycles. The summed E-state index contributed by atoms with van der Waals surface area (Å²) in [4.78, 5) is 14.7. The fourth-order valence-corrected chi connectivity index (χ4v) is 3.33. The Hall–Kier alpha value is -1.23. The smallest absolute Gasteiger partial charge is 0.354 e. The normalized spacial score (nSPS) is 23.6. The number of hydrogen-bond acceptors (Lipinski definition) is 4. The zero-order valence-electron chi connectivity index (χ0n) is 10.4. The predicted molar refractivity (Wildman–Crippen MR) is 74.4 cm³/mol. The van der Waals surface area contributed by atoms with Crippen LogP contribution in [0.25, 0.3) is 0 Å². The van der Waals surface area contributed by atoms with Crippen LogP contribution in [-0.2, 0) is 0 Å². The molecule has 2 atom stereocenters. The standard InChI is InChI=1S/C13H18N2O2S/c1-18-12-5-3-2-4-10(12)15-9-6-7-14-11(8-9)13(16)17/h6-8,10,12H,2-5H2,1H3,(H,14,15)(H,16,17). The number of carboxylic acids is 1. The zero-order valence-corrected chi connectivity index (χ0v) is 11.2. The Morgan fingerprint density at radius 1 is 1.50 bits per heavy atom. The van der Waals surface area contributed by atoms with Gasteiger partial charge in [-0.15, -0.1) is 0 Å². The fourth-order valence-electron chi connectivity index (χ4n) is 2.40. The van der Waals surface area contributed by atoms with Gasteiger partial charge in [0.15, 0.2) is 0 Å². The molecule has 0 aromatic carbocycles. The van der Waals surface area contributed by atoms with Crippen molar-refractivity contribution in [2.45, 2.75) is 37.0 Å². The first kappa shape index (κ1) is 13.2. The van der Waals surface area contributed by atoms with Gasteiger partial charge in [-0.25, -0.2) is 9.78 Å². The molecule has 0 amide bonds. The van der Waals surface area contributed by atoms with Crippen molar-refractivity contribution in [2.24, 2.45) is 0 Å². The van der Waals surface area contributed by atoms with E-state index in [1.807, 2.05) is 17.8 Å². The van der Waals surface area contributed by atoms with Crippen LogP contribution in [0.2, 0.25) is 0 Å². The molecule has 1 saturated carbocycles. The summed E-state index contributed by atoms with van der Waals surface area (Å²) in [7, 11) is 0. The first-order valence-electron chi connectivity index (χ1n) is 6.19. The number of anilines is 1. The van der Waals surface area contributed by atoms with Gasteiger partial charge >= 0.3 is 5.97 Å². The van der Waals surface area contributed by atoms with E-state index in [2.05, 4.69) is 16.6 Å². The first-order valence-corrected chi connectivity index (χ1v) is 7.48. The van der Waals surface area contributed by atoms with Crippen LogP contribution in [0.4, 0.5) is 5.69 Å². The number of rotatable bonds is 4. The minimum absolute atomic E-state index is 0.0940. The van der Waals surface area contributed by atoms with Crippen LogP contribution < -0.4 is 5.32 Å². The molecule has 98 valence electrons. The zero-order chi connectivity index (χ0) is 13.0. The summed E-state index contributed by atoms with van der Waals surface area (Å²) in [5.74, 6) is -0.983. The molecule has 0 aliphatic heterocycles. The third-order valence-corrected chi connectivity index (χ3v) is 4.51. The van der Waals surface area contributed by atoms with Crippen molar-refractivity contribution in [1.29, 1.82) is 0 Å². The second-order valence-electron chi connectivity index (χ2n) is 4.54. The molecule has 1 aliphatic carbocycles. The average Bonchev–Trinajstić information content (AvgIpc) is 2.39. The Morgan fingerprint density at radius 2 is 2.28 bits per heavy atom. The van der Waals surface area contributed by atoms with E-state index in [9.17, 15) is 4.79 Å². The lowest BCUT2D eigenvalue weighted by Crippen LogP contribution is -2.34. The topological polar surface area (TPSA) is 62.2 Å². The van der Waals surface area contributed by atoms with Gasteiger partial charge in [-0.1, -0.05) is 12.8 Å². The lowest BCUT2D eigenvalue weighted by molar-refractivity contribution is 0.0690. The van der Waals surface area contributed by atoms with Gasteiger partial charge in [-0.2, -0.15) is 11.8 Å². The van der Waals surface area contributed by atoms with Gasteiger partial charge in [-0.05, 0) is 31.2 Å². The third kappa shape index (κ3) is 3.16. The molecule has 2 N–H and O–H groups in total. The van der Waals surface area contributed by atoms with Crippen molar-refractivity contribution in [2.75, 3.05) is 11.6 Å². The van der Waals surface area contributed by atoms with E-state index in [0.29, 0.717) is 11.3 Å². The molecule has 1 aromatic heterocycles. The quantitative estimate of drug-likeness (QED) is 0.877. The van der Waals surface area contributed by atoms with E-state index in [1.165, 1.54) is 19.3 Å². The number of hydrogen-bond donors (Lipinski definition) is 2. The number of carbonyl (C=O) groups is 1. The van der Waals surface area contributed by atoms with Gasteiger partial charge in [0.25, 0.3) is 0 Å². The van der Waals surface area contributed by atoms with Gasteiger partial charge < -0.3 is 10.4 Å². The maximum absolute atomic E-state index is 10.9. The second-order valence-corrected chi connectivity index (χ2v) is 5.62. The Labute approximate surface area is 111 Å². The minimum atomic E-state index is -0.983. The second kappa shape index (κ2) is 6.09. The van der Waals surface area contributed by atoms with Crippen molar-refractivity contribution in [3.63, 3.8) is 0 Å². The summed E-state index contributed by atoms with van der Waals surface area (Å²) in [5, 5.41) is 13.0. The van der Waals surface area contributed by atoms with E-state index in [1.54, 1.807) is 12.3 Å². The Bertz CT molecular complexity index is 425. The van der Waals surface area contributed by atoms with Gasteiger partial charge in [-0.3, -0.25) is 0 Å². The van der Waals surface area contributed by atoms with Crippen LogP contribution in [0.15, 0.2) is 18.3 Å². The Morgan fingerprint density at radius 3 is 3.00 bits per heavy atom. The van der Waals surface area contributed by atoms with Crippen molar-refractivity contribution in [3.8, 4) is 0 Å².